The number of para-hydroxylation sites is 2. The molecule has 0 bridgehead atoms. The number of rotatable bonds is 6. The van der Waals surface area contributed by atoms with Gasteiger partial charge in [-0.25, -0.2) is 8.42 Å². The molecule has 138 valence electrons. The molecule has 0 radical (unpaired) electrons. The number of hydrogen-bond acceptors (Lipinski definition) is 5. The molecule has 2 aromatic carbocycles. The maximum absolute atomic E-state index is 12.9. The molecule has 26 heavy (non-hydrogen) atoms. The quantitative estimate of drug-likeness (QED) is 0.838. The van der Waals surface area contributed by atoms with E-state index in [2.05, 4.69) is 4.72 Å². The van der Waals surface area contributed by atoms with Gasteiger partial charge in [0.15, 0.2) is 0 Å². The highest BCUT2D eigenvalue weighted by atomic mass is 32.2. The van der Waals surface area contributed by atoms with Crippen LogP contribution in [0, 0.1) is 0 Å². The lowest BCUT2D eigenvalue weighted by Gasteiger charge is -2.21. The van der Waals surface area contributed by atoms with Gasteiger partial charge in [0.25, 0.3) is 10.0 Å². The van der Waals surface area contributed by atoms with Gasteiger partial charge in [0.2, 0.25) is 5.91 Å². The van der Waals surface area contributed by atoms with Crippen molar-refractivity contribution in [2.45, 2.75) is 17.7 Å². The van der Waals surface area contributed by atoms with Crippen LogP contribution in [0.3, 0.4) is 0 Å². The fourth-order valence-electron chi connectivity index (χ4n) is 2.89. The van der Waals surface area contributed by atoms with Crippen LogP contribution in [0.15, 0.2) is 47.4 Å². The first-order valence-electron chi connectivity index (χ1n) is 8.10. The lowest BCUT2D eigenvalue weighted by atomic mass is 10.2. The summed E-state index contributed by atoms with van der Waals surface area (Å²) >= 11 is 0. The zero-order chi connectivity index (χ0) is 18.7. The molecular formula is C18H20N2O5S. The maximum atomic E-state index is 12.9. The summed E-state index contributed by atoms with van der Waals surface area (Å²) in [4.78, 5) is 13.6. The smallest absolute Gasteiger partial charge is 0.265 e. The number of nitrogens with zero attached hydrogens (tertiary/aromatic N) is 1. The van der Waals surface area contributed by atoms with Gasteiger partial charge < -0.3 is 14.4 Å². The molecule has 8 heteroatoms. The third-order valence-corrected chi connectivity index (χ3v) is 5.56. The molecular weight excluding hydrogens is 356 g/mol. The molecule has 1 aliphatic rings. The van der Waals surface area contributed by atoms with E-state index in [9.17, 15) is 13.2 Å². The number of anilines is 2. The number of nitrogens with one attached hydrogen (secondary N) is 1. The first-order chi connectivity index (χ1) is 12.5. The molecule has 0 unspecified atom stereocenters. The van der Waals surface area contributed by atoms with Crippen molar-refractivity contribution in [1.82, 2.24) is 0 Å². The number of ether oxygens (including phenoxy) is 2. The summed E-state index contributed by atoms with van der Waals surface area (Å²) in [5, 5.41) is 0. The van der Waals surface area contributed by atoms with Gasteiger partial charge in [0, 0.05) is 19.0 Å². The highest BCUT2D eigenvalue weighted by molar-refractivity contribution is 7.92. The first-order valence-corrected chi connectivity index (χ1v) is 9.59. The van der Waals surface area contributed by atoms with Gasteiger partial charge in [-0.1, -0.05) is 12.1 Å². The molecule has 1 aliphatic heterocycles. The van der Waals surface area contributed by atoms with Crippen molar-refractivity contribution in [2.75, 3.05) is 30.4 Å². The van der Waals surface area contributed by atoms with Crippen molar-refractivity contribution in [3.8, 4) is 11.5 Å². The van der Waals surface area contributed by atoms with E-state index in [0.717, 1.165) is 6.42 Å². The Kier molecular flexibility index (Phi) is 5.03. The van der Waals surface area contributed by atoms with E-state index >= 15 is 0 Å². The molecule has 7 nitrogen and oxygen atoms in total. The Hall–Kier alpha value is -2.74. The van der Waals surface area contributed by atoms with Crippen molar-refractivity contribution in [1.29, 1.82) is 0 Å². The number of methoxy groups -OCH3 is 2. The second-order valence-electron chi connectivity index (χ2n) is 5.79. The molecule has 0 saturated carbocycles. The molecule has 0 spiro atoms. The summed E-state index contributed by atoms with van der Waals surface area (Å²) in [6.07, 6.45) is 1.22. The van der Waals surface area contributed by atoms with Crippen molar-refractivity contribution in [3.63, 3.8) is 0 Å². The standard InChI is InChI=1S/C18H20N2O5S/c1-24-13-9-10-16(25-2)17(12-13)26(22,23)19-14-6-3-4-7-15(14)20-11-5-8-18(20)21/h3-4,6-7,9-10,12,19H,5,8,11H2,1-2H3. The van der Waals surface area contributed by atoms with Crippen molar-refractivity contribution in [2.24, 2.45) is 0 Å². The van der Waals surface area contributed by atoms with Crippen LogP contribution in [-0.4, -0.2) is 35.1 Å². The topological polar surface area (TPSA) is 84.9 Å². The molecule has 0 atom stereocenters. The van der Waals surface area contributed by atoms with E-state index in [1.807, 2.05) is 0 Å². The van der Waals surface area contributed by atoms with E-state index in [0.29, 0.717) is 30.1 Å². The first kappa shape index (κ1) is 18.1. The van der Waals surface area contributed by atoms with Gasteiger partial charge in [-0.3, -0.25) is 9.52 Å². The largest absolute Gasteiger partial charge is 0.497 e. The van der Waals surface area contributed by atoms with Crippen LogP contribution < -0.4 is 19.1 Å². The minimum Gasteiger partial charge on any atom is -0.497 e. The van der Waals surface area contributed by atoms with Crippen LogP contribution in [0.1, 0.15) is 12.8 Å². The Morgan fingerprint density at radius 3 is 2.50 bits per heavy atom. The normalized spacial score (nSPS) is 14.4. The molecule has 1 N–H and O–H groups in total. The van der Waals surface area contributed by atoms with Crippen molar-refractivity contribution in [3.05, 3.63) is 42.5 Å². The van der Waals surface area contributed by atoms with Crippen LogP contribution in [0.25, 0.3) is 0 Å². The fraction of sp³-hybridized carbons (Fsp3) is 0.278. The third kappa shape index (κ3) is 3.45. The molecule has 1 heterocycles. The van der Waals surface area contributed by atoms with Crippen LogP contribution in [-0.2, 0) is 14.8 Å². The van der Waals surface area contributed by atoms with Crippen LogP contribution in [0.5, 0.6) is 11.5 Å². The van der Waals surface area contributed by atoms with Crippen molar-refractivity contribution >= 4 is 27.3 Å². The molecule has 3 rings (SSSR count). The molecule has 2 aromatic rings. The zero-order valence-corrected chi connectivity index (χ0v) is 15.4. The van der Waals surface area contributed by atoms with Crippen LogP contribution >= 0.6 is 0 Å². The average molecular weight is 376 g/mol. The predicted molar refractivity (Wildman–Crippen MR) is 98.4 cm³/mol. The average Bonchev–Trinajstić information content (AvgIpc) is 3.07. The zero-order valence-electron chi connectivity index (χ0n) is 14.6. The lowest BCUT2D eigenvalue weighted by molar-refractivity contribution is -0.117. The molecule has 0 aliphatic carbocycles. The van der Waals surface area contributed by atoms with E-state index in [-0.39, 0.29) is 16.6 Å². The number of amides is 1. The highest BCUT2D eigenvalue weighted by Crippen LogP contribution is 2.34. The maximum Gasteiger partial charge on any atom is 0.265 e. The summed E-state index contributed by atoms with van der Waals surface area (Å²) in [5.74, 6) is 0.581. The van der Waals surface area contributed by atoms with E-state index < -0.39 is 10.0 Å². The van der Waals surface area contributed by atoms with E-state index in [1.54, 1.807) is 35.2 Å². The summed E-state index contributed by atoms with van der Waals surface area (Å²) in [7, 11) is -1.09. The number of benzene rings is 2. The van der Waals surface area contributed by atoms with E-state index in [4.69, 9.17) is 9.47 Å². The Morgan fingerprint density at radius 1 is 1.08 bits per heavy atom. The van der Waals surface area contributed by atoms with Crippen molar-refractivity contribution < 1.29 is 22.7 Å². The van der Waals surface area contributed by atoms with Gasteiger partial charge in [-0.15, -0.1) is 0 Å². The van der Waals surface area contributed by atoms with Crippen LogP contribution in [0.4, 0.5) is 11.4 Å². The SMILES string of the molecule is COc1ccc(OC)c(S(=O)(=O)Nc2ccccc2N2CCCC2=O)c1. The summed E-state index contributed by atoms with van der Waals surface area (Å²) in [6, 6.07) is 11.4. The minimum atomic E-state index is -3.95. The molecule has 1 saturated heterocycles. The molecule has 1 fully saturated rings. The highest BCUT2D eigenvalue weighted by Gasteiger charge is 2.26. The number of carbonyl (C=O) groups is 1. The second kappa shape index (κ2) is 7.25. The Morgan fingerprint density at radius 2 is 1.85 bits per heavy atom. The summed E-state index contributed by atoms with van der Waals surface area (Å²) in [5.41, 5.74) is 0.882. The number of carbonyl (C=O) groups excluding carboxylic acids is 1. The third-order valence-electron chi connectivity index (χ3n) is 4.17. The predicted octanol–water partition coefficient (Wildman–Crippen LogP) is 2.63. The fourth-order valence-corrected chi connectivity index (χ4v) is 4.15. The van der Waals surface area contributed by atoms with Gasteiger partial charge in [0.1, 0.15) is 16.4 Å². The van der Waals surface area contributed by atoms with Gasteiger partial charge in [0.05, 0.1) is 25.6 Å². The Bertz CT molecular complexity index is 927. The minimum absolute atomic E-state index is 0.0180. The summed E-state index contributed by atoms with van der Waals surface area (Å²) < 4.78 is 38.8. The van der Waals surface area contributed by atoms with Gasteiger partial charge >= 0.3 is 0 Å². The van der Waals surface area contributed by atoms with Gasteiger partial charge in [-0.05, 0) is 30.7 Å². The van der Waals surface area contributed by atoms with Gasteiger partial charge in [-0.2, -0.15) is 0 Å². The summed E-state index contributed by atoms with van der Waals surface area (Å²) in [6.45, 7) is 0.569. The number of sulfonamides is 1. The molecule has 0 aromatic heterocycles. The number of hydrogen-bond donors (Lipinski definition) is 1. The lowest BCUT2D eigenvalue weighted by Crippen LogP contribution is -2.25. The van der Waals surface area contributed by atoms with E-state index in [1.165, 1.54) is 26.4 Å². The second-order valence-corrected chi connectivity index (χ2v) is 7.44. The molecule has 1 amide bonds. The van der Waals surface area contributed by atoms with Crippen LogP contribution in [0.2, 0.25) is 0 Å². The Balaban J connectivity index is 2.00. The monoisotopic (exact) mass is 376 g/mol. The Labute approximate surface area is 152 Å².